The number of benzene rings is 1. The molecule has 0 atom stereocenters. The van der Waals surface area contributed by atoms with E-state index in [1.165, 1.54) is 11.1 Å². The van der Waals surface area contributed by atoms with Crippen LogP contribution in [0.5, 0.6) is 0 Å². The van der Waals surface area contributed by atoms with Crippen molar-refractivity contribution in [2.75, 3.05) is 11.4 Å². The molecule has 0 N–H and O–H groups in total. The van der Waals surface area contributed by atoms with Crippen LogP contribution in [0.4, 0.5) is 5.69 Å². The van der Waals surface area contributed by atoms with Gasteiger partial charge in [0.2, 0.25) is 5.91 Å². The first kappa shape index (κ1) is 12.6. The van der Waals surface area contributed by atoms with Crippen molar-refractivity contribution in [1.29, 1.82) is 0 Å². The molecule has 4 nitrogen and oxygen atoms in total. The number of hydrogen-bond acceptors (Lipinski definition) is 3. The summed E-state index contributed by atoms with van der Waals surface area (Å²) in [5.41, 5.74) is 3.27. The third kappa shape index (κ3) is 2.70. The molecule has 0 aliphatic carbocycles. The van der Waals surface area contributed by atoms with Gasteiger partial charge in [0, 0.05) is 24.6 Å². The number of hydrogen-bond donors (Lipinski definition) is 0. The Labute approximate surface area is 106 Å². The minimum Gasteiger partial charge on any atom is -0.550 e. The average Bonchev–Trinajstić information content (AvgIpc) is 2.34. The summed E-state index contributed by atoms with van der Waals surface area (Å²) in [7, 11) is 0. The van der Waals surface area contributed by atoms with Crippen LogP contribution >= 0.6 is 0 Å². The highest BCUT2D eigenvalue weighted by atomic mass is 16.4. The lowest BCUT2D eigenvalue weighted by Crippen LogP contribution is -2.36. The predicted molar refractivity (Wildman–Crippen MR) is 66.1 cm³/mol. The highest BCUT2D eigenvalue weighted by molar-refractivity contribution is 5.95. The Morgan fingerprint density at radius 1 is 1.33 bits per heavy atom. The predicted octanol–water partition coefficient (Wildman–Crippen LogP) is 0.804. The third-order valence-corrected chi connectivity index (χ3v) is 3.20. The topological polar surface area (TPSA) is 60.4 Å². The van der Waals surface area contributed by atoms with Gasteiger partial charge in [-0.05, 0) is 37.8 Å². The van der Waals surface area contributed by atoms with Gasteiger partial charge in [0.25, 0.3) is 0 Å². The molecule has 0 aromatic heterocycles. The first-order chi connectivity index (χ1) is 8.58. The van der Waals surface area contributed by atoms with E-state index >= 15 is 0 Å². The van der Waals surface area contributed by atoms with Gasteiger partial charge in [-0.3, -0.25) is 4.79 Å². The van der Waals surface area contributed by atoms with Crippen molar-refractivity contribution in [2.24, 2.45) is 0 Å². The maximum absolute atomic E-state index is 12.0. The molecule has 18 heavy (non-hydrogen) atoms. The fraction of sp³-hybridized carbons (Fsp3) is 0.429. The molecule has 0 saturated heterocycles. The van der Waals surface area contributed by atoms with Crippen LogP contribution < -0.4 is 10.0 Å². The van der Waals surface area contributed by atoms with Gasteiger partial charge in [-0.1, -0.05) is 17.7 Å². The SMILES string of the molecule is Cc1ccc2c(c1)CCCN2C(=O)CCC(=O)[O-]. The van der Waals surface area contributed by atoms with Crippen LogP contribution in [0.1, 0.15) is 30.4 Å². The number of aliphatic carboxylic acids is 1. The molecule has 2 rings (SSSR count). The molecule has 0 fully saturated rings. The number of carbonyl (C=O) groups is 2. The van der Waals surface area contributed by atoms with E-state index in [4.69, 9.17) is 0 Å². The lowest BCUT2D eigenvalue weighted by Gasteiger charge is -2.30. The molecule has 1 aliphatic rings. The van der Waals surface area contributed by atoms with E-state index in [0.717, 1.165) is 18.5 Å². The molecular formula is C14H16NO3-. The summed E-state index contributed by atoms with van der Waals surface area (Å²) in [6.07, 6.45) is 1.70. The van der Waals surface area contributed by atoms with E-state index in [1.54, 1.807) is 4.90 Å². The molecule has 0 radical (unpaired) electrons. The van der Waals surface area contributed by atoms with E-state index in [2.05, 4.69) is 6.07 Å². The van der Waals surface area contributed by atoms with Gasteiger partial charge < -0.3 is 14.8 Å². The summed E-state index contributed by atoms with van der Waals surface area (Å²) in [6, 6.07) is 6.01. The van der Waals surface area contributed by atoms with Crippen molar-refractivity contribution in [3.8, 4) is 0 Å². The van der Waals surface area contributed by atoms with Crippen LogP contribution in [0.3, 0.4) is 0 Å². The second kappa shape index (κ2) is 5.21. The maximum Gasteiger partial charge on any atom is 0.227 e. The van der Waals surface area contributed by atoms with Gasteiger partial charge in [0.05, 0.1) is 0 Å². The summed E-state index contributed by atoms with van der Waals surface area (Å²) in [4.78, 5) is 24.1. The van der Waals surface area contributed by atoms with E-state index < -0.39 is 5.97 Å². The quantitative estimate of drug-likeness (QED) is 0.792. The summed E-state index contributed by atoms with van der Waals surface area (Å²) >= 11 is 0. The molecule has 1 amide bonds. The Hall–Kier alpha value is -1.84. The molecule has 1 aliphatic heterocycles. The highest BCUT2D eigenvalue weighted by Gasteiger charge is 2.21. The van der Waals surface area contributed by atoms with Crippen LogP contribution in [0.2, 0.25) is 0 Å². The molecule has 1 aromatic rings. The third-order valence-electron chi connectivity index (χ3n) is 3.20. The summed E-state index contributed by atoms with van der Waals surface area (Å²) in [5.74, 6) is -1.31. The Kier molecular flexibility index (Phi) is 3.65. The fourth-order valence-electron chi connectivity index (χ4n) is 2.33. The van der Waals surface area contributed by atoms with Crippen molar-refractivity contribution in [1.82, 2.24) is 0 Å². The van der Waals surface area contributed by atoms with Crippen molar-refractivity contribution in [3.63, 3.8) is 0 Å². The Morgan fingerprint density at radius 3 is 2.83 bits per heavy atom. The standard InChI is InChI=1S/C14H17NO3/c1-10-4-5-12-11(9-10)3-2-8-15(12)13(16)6-7-14(17)18/h4-5,9H,2-3,6-8H2,1H3,(H,17,18)/p-1. The molecule has 4 heteroatoms. The number of carboxylic acid groups (broad SMARTS) is 1. The number of rotatable bonds is 3. The van der Waals surface area contributed by atoms with Crippen LogP contribution in [0.25, 0.3) is 0 Å². The van der Waals surface area contributed by atoms with Crippen molar-refractivity contribution >= 4 is 17.6 Å². The van der Waals surface area contributed by atoms with Crippen molar-refractivity contribution < 1.29 is 14.7 Å². The van der Waals surface area contributed by atoms with Crippen molar-refractivity contribution in [2.45, 2.75) is 32.6 Å². The second-order valence-corrected chi connectivity index (χ2v) is 4.65. The monoisotopic (exact) mass is 246 g/mol. The molecular weight excluding hydrogens is 230 g/mol. The van der Waals surface area contributed by atoms with Crippen LogP contribution in [0, 0.1) is 6.92 Å². The van der Waals surface area contributed by atoms with Crippen molar-refractivity contribution in [3.05, 3.63) is 29.3 Å². The second-order valence-electron chi connectivity index (χ2n) is 4.65. The zero-order valence-electron chi connectivity index (χ0n) is 10.4. The molecule has 0 saturated carbocycles. The Balaban J connectivity index is 2.17. The lowest BCUT2D eigenvalue weighted by molar-refractivity contribution is -0.305. The van der Waals surface area contributed by atoms with Gasteiger partial charge in [-0.15, -0.1) is 0 Å². The number of anilines is 1. The maximum atomic E-state index is 12.0. The number of carbonyl (C=O) groups excluding carboxylic acids is 2. The smallest absolute Gasteiger partial charge is 0.227 e. The molecule has 0 bridgehead atoms. The first-order valence-corrected chi connectivity index (χ1v) is 6.17. The van der Waals surface area contributed by atoms with Gasteiger partial charge in [0.15, 0.2) is 0 Å². The van der Waals surface area contributed by atoms with Crippen LogP contribution in [0.15, 0.2) is 18.2 Å². The van der Waals surface area contributed by atoms with Gasteiger partial charge in [-0.2, -0.15) is 0 Å². The normalized spacial score (nSPS) is 14.2. The van der Waals surface area contributed by atoms with Gasteiger partial charge in [0.1, 0.15) is 0 Å². The lowest BCUT2D eigenvalue weighted by atomic mass is 9.99. The summed E-state index contributed by atoms with van der Waals surface area (Å²) in [5, 5.41) is 10.4. The van der Waals surface area contributed by atoms with E-state index in [1.807, 2.05) is 19.1 Å². The molecule has 1 heterocycles. The zero-order valence-corrected chi connectivity index (χ0v) is 10.4. The molecule has 0 unspecified atom stereocenters. The Bertz CT molecular complexity index is 482. The highest BCUT2D eigenvalue weighted by Crippen LogP contribution is 2.28. The summed E-state index contributed by atoms with van der Waals surface area (Å²) < 4.78 is 0. The minimum absolute atomic E-state index is 0.00957. The number of nitrogens with zero attached hydrogens (tertiary/aromatic N) is 1. The first-order valence-electron chi connectivity index (χ1n) is 6.17. The number of aryl methyl sites for hydroxylation is 2. The molecule has 0 spiro atoms. The zero-order chi connectivity index (χ0) is 13.1. The van der Waals surface area contributed by atoms with Crippen LogP contribution in [-0.4, -0.2) is 18.4 Å². The number of amides is 1. The molecule has 96 valence electrons. The van der Waals surface area contributed by atoms with Crippen LogP contribution in [-0.2, 0) is 16.0 Å². The summed E-state index contributed by atoms with van der Waals surface area (Å²) in [6.45, 7) is 2.69. The fourth-order valence-corrected chi connectivity index (χ4v) is 2.33. The minimum atomic E-state index is -1.18. The van der Waals surface area contributed by atoms with E-state index in [0.29, 0.717) is 6.54 Å². The van der Waals surface area contributed by atoms with E-state index in [9.17, 15) is 14.7 Å². The van der Waals surface area contributed by atoms with Gasteiger partial charge in [-0.25, -0.2) is 0 Å². The number of fused-ring (bicyclic) bond motifs is 1. The average molecular weight is 246 g/mol. The largest absolute Gasteiger partial charge is 0.550 e. The van der Waals surface area contributed by atoms with E-state index in [-0.39, 0.29) is 18.7 Å². The van der Waals surface area contributed by atoms with Gasteiger partial charge >= 0.3 is 0 Å². The number of carboxylic acids is 1. The molecule has 1 aromatic carbocycles. The Morgan fingerprint density at radius 2 is 2.11 bits per heavy atom.